The first-order valence-electron chi connectivity index (χ1n) is 6.24. The van der Waals surface area contributed by atoms with Gasteiger partial charge in [-0.1, -0.05) is 6.07 Å². The lowest BCUT2D eigenvalue weighted by atomic mass is 10.2. The number of nitrogens with zero attached hydrogens (tertiary/aromatic N) is 2. The minimum absolute atomic E-state index is 0.492. The Kier molecular flexibility index (Phi) is 3.18. The van der Waals surface area contributed by atoms with Gasteiger partial charge in [0.2, 0.25) is 0 Å². The summed E-state index contributed by atoms with van der Waals surface area (Å²) in [7, 11) is 0. The van der Waals surface area contributed by atoms with Crippen LogP contribution in [0, 0.1) is 11.3 Å². The third-order valence-corrected chi connectivity index (χ3v) is 3.11. The highest BCUT2D eigenvalue weighted by molar-refractivity contribution is 5.87. The molecule has 6 heteroatoms. The highest BCUT2D eigenvalue weighted by Gasteiger charge is 2.30. The van der Waals surface area contributed by atoms with E-state index in [1.165, 1.54) is 6.26 Å². The normalized spacial score (nSPS) is 17.4. The monoisotopic (exact) mass is 281 g/mol. The van der Waals surface area contributed by atoms with Gasteiger partial charge in [0.1, 0.15) is 6.04 Å². The maximum absolute atomic E-state index is 11.2. The molecule has 3 rings (SSSR count). The highest BCUT2D eigenvalue weighted by Crippen LogP contribution is 2.29. The van der Waals surface area contributed by atoms with Crippen LogP contribution in [0.3, 0.4) is 0 Å². The fraction of sp³-hybridized carbons (Fsp3) is 0.0667. The second-order valence-electron chi connectivity index (χ2n) is 4.47. The number of carboxylic acid groups (broad SMARTS) is 1. The van der Waals surface area contributed by atoms with Crippen LogP contribution in [0.25, 0.3) is 5.70 Å². The van der Waals surface area contributed by atoms with E-state index < -0.39 is 12.0 Å². The number of carbonyl (C=O) groups is 1. The Balaban J connectivity index is 2.02. The van der Waals surface area contributed by atoms with Crippen LogP contribution in [0.15, 0.2) is 53.2 Å². The van der Waals surface area contributed by atoms with Crippen molar-refractivity contribution >= 4 is 17.4 Å². The Labute approximate surface area is 120 Å². The van der Waals surface area contributed by atoms with Crippen LogP contribution < -0.4 is 10.4 Å². The van der Waals surface area contributed by atoms with Crippen LogP contribution in [0.4, 0.5) is 5.69 Å². The van der Waals surface area contributed by atoms with Gasteiger partial charge in [0.15, 0.2) is 5.76 Å². The number of carboxylic acids is 1. The first kappa shape index (κ1) is 13.0. The molecule has 0 fully saturated rings. The summed E-state index contributed by atoms with van der Waals surface area (Å²) in [6.45, 7) is 0. The number of furan rings is 1. The number of nitrogens with one attached hydrogen (secondary N) is 1. The molecule has 1 aromatic carbocycles. The van der Waals surface area contributed by atoms with E-state index >= 15 is 0 Å². The van der Waals surface area contributed by atoms with Gasteiger partial charge in [-0.15, -0.1) is 0 Å². The quantitative estimate of drug-likeness (QED) is 0.894. The molecule has 0 aliphatic carbocycles. The molecule has 0 saturated carbocycles. The maximum atomic E-state index is 11.2. The third-order valence-electron chi connectivity index (χ3n) is 3.11. The predicted octanol–water partition coefficient (Wildman–Crippen LogP) is 1.97. The van der Waals surface area contributed by atoms with Gasteiger partial charge in [-0.3, -0.25) is 9.80 Å². The minimum atomic E-state index is -0.988. The second kappa shape index (κ2) is 5.15. The lowest BCUT2D eigenvalue weighted by Crippen LogP contribution is -2.40. The molecule has 6 nitrogen and oxygen atoms in total. The zero-order valence-electron chi connectivity index (χ0n) is 10.9. The Bertz CT molecular complexity index is 744. The third kappa shape index (κ3) is 2.38. The van der Waals surface area contributed by atoms with Crippen LogP contribution in [-0.2, 0) is 4.79 Å². The molecule has 1 aliphatic rings. The summed E-state index contributed by atoms with van der Waals surface area (Å²) in [4.78, 5) is 11.2. The summed E-state index contributed by atoms with van der Waals surface area (Å²) in [6.07, 6.45) is 3.09. The topological polar surface area (TPSA) is 89.5 Å². The smallest absolute Gasteiger partial charge is 0.326 e. The van der Waals surface area contributed by atoms with Crippen molar-refractivity contribution in [1.29, 1.82) is 5.26 Å². The number of rotatable bonds is 3. The number of hydrogen-bond acceptors (Lipinski definition) is 5. The molecular weight excluding hydrogens is 270 g/mol. The first-order valence-corrected chi connectivity index (χ1v) is 6.24. The molecular formula is C15H11N3O3. The summed E-state index contributed by atoms with van der Waals surface area (Å²) in [5.41, 5.74) is 4.63. The van der Waals surface area contributed by atoms with E-state index in [9.17, 15) is 9.90 Å². The second-order valence-corrected chi connectivity index (χ2v) is 4.47. The summed E-state index contributed by atoms with van der Waals surface area (Å²) in [6, 6.07) is 11.6. The molecule has 0 amide bonds. The van der Waals surface area contributed by atoms with E-state index in [2.05, 4.69) is 11.5 Å². The van der Waals surface area contributed by atoms with Crippen LogP contribution >= 0.6 is 0 Å². The zero-order chi connectivity index (χ0) is 14.8. The molecule has 0 saturated heterocycles. The number of anilines is 1. The molecule has 0 radical (unpaired) electrons. The molecule has 2 N–H and O–H groups in total. The Hall–Kier alpha value is -3.04. The highest BCUT2D eigenvalue weighted by atomic mass is 16.4. The lowest BCUT2D eigenvalue weighted by Gasteiger charge is -2.22. The van der Waals surface area contributed by atoms with Crippen molar-refractivity contribution in [3.05, 3.63) is 60.1 Å². The van der Waals surface area contributed by atoms with Gasteiger partial charge < -0.3 is 9.52 Å². The van der Waals surface area contributed by atoms with Crippen molar-refractivity contribution < 1.29 is 14.3 Å². The van der Waals surface area contributed by atoms with Gasteiger partial charge in [0.05, 0.1) is 29.3 Å². The SMILES string of the molecule is N#Cc1cccc(N2NC(C(=O)O)C=C2c2ccco2)c1. The van der Waals surface area contributed by atoms with E-state index in [4.69, 9.17) is 9.68 Å². The lowest BCUT2D eigenvalue weighted by molar-refractivity contribution is -0.137. The van der Waals surface area contributed by atoms with Crippen LogP contribution in [0.5, 0.6) is 0 Å². The fourth-order valence-electron chi connectivity index (χ4n) is 2.15. The van der Waals surface area contributed by atoms with Gasteiger partial charge in [0, 0.05) is 0 Å². The molecule has 1 aliphatic heterocycles. The molecule has 1 aromatic heterocycles. The van der Waals surface area contributed by atoms with Gasteiger partial charge in [-0.2, -0.15) is 5.26 Å². The van der Waals surface area contributed by atoms with Crippen LogP contribution in [0.2, 0.25) is 0 Å². The van der Waals surface area contributed by atoms with Crippen LogP contribution in [-0.4, -0.2) is 17.1 Å². The maximum Gasteiger partial charge on any atom is 0.326 e. The van der Waals surface area contributed by atoms with Crippen molar-refractivity contribution in [3.8, 4) is 6.07 Å². The van der Waals surface area contributed by atoms with Crippen molar-refractivity contribution in [1.82, 2.24) is 5.43 Å². The molecule has 104 valence electrons. The average Bonchev–Trinajstić information content (AvgIpc) is 3.16. The Morgan fingerprint density at radius 1 is 1.38 bits per heavy atom. The summed E-state index contributed by atoms with van der Waals surface area (Å²) >= 11 is 0. The summed E-state index contributed by atoms with van der Waals surface area (Å²) in [5, 5.41) is 19.8. The van der Waals surface area contributed by atoms with Crippen molar-refractivity contribution in [2.45, 2.75) is 6.04 Å². The molecule has 2 aromatic rings. The number of benzene rings is 1. The van der Waals surface area contributed by atoms with E-state index in [1.807, 2.05) is 0 Å². The first-order chi connectivity index (χ1) is 10.2. The fourth-order valence-corrected chi connectivity index (χ4v) is 2.15. The van der Waals surface area contributed by atoms with Crippen molar-refractivity contribution in [2.75, 3.05) is 5.01 Å². The van der Waals surface area contributed by atoms with E-state index in [-0.39, 0.29) is 0 Å². The molecule has 1 unspecified atom stereocenters. The average molecular weight is 281 g/mol. The number of nitriles is 1. The molecule has 2 heterocycles. The Morgan fingerprint density at radius 3 is 2.90 bits per heavy atom. The van der Waals surface area contributed by atoms with Crippen molar-refractivity contribution in [2.24, 2.45) is 0 Å². The van der Waals surface area contributed by atoms with Gasteiger partial charge >= 0.3 is 5.97 Å². The van der Waals surface area contributed by atoms with Gasteiger partial charge in [0.25, 0.3) is 0 Å². The van der Waals surface area contributed by atoms with Gasteiger partial charge in [-0.05, 0) is 36.4 Å². The summed E-state index contributed by atoms with van der Waals surface area (Å²) in [5.74, 6) is -0.438. The van der Waals surface area contributed by atoms with E-state index in [1.54, 1.807) is 47.5 Å². The Morgan fingerprint density at radius 2 is 2.24 bits per heavy atom. The van der Waals surface area contributed by atoms with E-state index in [0.29, 0.717) is 22.7 Å². The molecule has 21 heavy (non-hydrogen) atoms. The van der Waals surface area contributed by atoms with E-state index in [0.717, 1.165) is 0 Å². The summed E-state index contributed by atoms with van der Waals surface area (Å²) < 4.78 is 5.35. The predicted molar refractivity (Wildman–Crippen MR) is 74.9 cm³/mol. The standard InChI is InChI=1S/C15H11N3O3/c16-9-10-3-1-4-11(7-10)18-13(14-5-2-6-21-14)8-12(17-18)15(19)20/h1-8,12,17H,(H,19,20). The zero-order valence-corrected chi connectivity index (χ0v) is 10.9. The van der Waals surface area contributed by atoms with Crippen molar-refractivity contribution in [3.63, 3.8) is 0 Å². The molecule has 0 bridgehead atoms. The number of aliphatic carboxylic acids is 1. The molecule has 0 spiro atoms. The minimum Gasteiger partial charge on any atom is -0.480 e. The van der Waals surface area contributed by atoms with Gasteiger partial charge in [-0.25, -0.2) is 5.43 Å². The largest absolute Gasteiger partial charge is 0.480 e. The number of hydrogen-bond donors (Lipinski definition) is 2. The number of hydrazine groups is 1. The van der Waals surface area contributed by atoms with Crippen LogP contribution in [0.1, 0.15) is 11.3 Å². The molecule has 1 atom stereocenters.